The van der Waals surface area contributed by atoms with E-state index in [1.807, 2.05) is 24.3 Å². The number of carbonyl (C=O) groups is 1. The third kappa shape index (κ3) is 6.01. The molecule has 1 heterocycles. The molecule has 0 saturated carbocycles. The van der Waals surface area contributed by atoms with E-state index in [0.29, 0.717) is 16.8 Å². The van der Waals surface area contributed by atoms with Gasteiger partial charge < -0.3 is 20.6 Å². The summed E-state index contributed by atoms with van der Waals surface area (Å²) < 4.78 is 19.0. The lowest BCUT2D eigenvalue weighted by molar-refractivity contribution is -0.126. The Morgan fingerprint density at radius 3 is 2.80 bits per heavy atom. The summed E-state index contributed by atoms with van der Waals surface area (Å²) in [5.41, 5.74) is 8.73. The molecule has 2 aromatic rings. The predicted molar refractivity (Wildman–Crippen MR) is 114 cm³/mol. The van der Waals surface area contributed by atoms with Crippen LogP contribution in [0, 0.1) is 12.7 Å². The molecule has 1 unspecified atom stereocenters. The number of aryl methyl sites for hydroxylation is 1. The van der Waals surface area contributed by atoms with Gasteiger partial charge in [-0.1, -0.05) is 29.4 Å². The van der Waals surface area contributed by atoms with Crippen LogP contribution in [0.3, 0.4) is 0 Å². The van der Waals surface area contributed by atoms with Gasteiger partial charge in [0, 0.05) is 30.9 Å². The van der Waals surface area contributed by atoms with Crippen molar-refractivity contribution in [1.29, 1.82) is 0 Å². The van der Waals surface area contributed by atoms with Gasteiger partial charge in [-0.15, -0.1) is 0 Å². The second-order valence-corrected chi connectivity index (χ2v) is 7.27. The number of hydrogen-bond donors (Lipinski definition) is 2. The van der Waals surface area contributed by atoms with Crippen molar-refractivity contribution in [2.75, 3.05) is 31.6 Å². The number of halogens is 1. The largest absolute Gasteiger partial charge is 0.381 e. The summed E-state index contributed by atoms with van der Waals surface area (Å²) in [6.07, 6.45) is -0.899. The molecule has 7 nitrogen and oxygen atoms in total. The Kier molecular flexibility index (Phi) is 7.37. The van der Waals surface area contributed by atoms with Crippen molar-refractivity contribution in [2.24, 2.45) is 10.9 Å². The molecule has 1 aliphatic rings. The molecule has 30 heavy (non-hydrogen) atoms. The number of morpholine rings is 1. The SMILES string of the molecule is Cc1ccc(NC(=O)C(C)ON=C(N)c2cccc(CN3CCOCC3)c2)cc1F. The molecule has 1 atom stereocenters. The quantitative estimate of drug-likeness (QED) is 0.413. The van der Waals surface area contributed by atoms with Crippen LogP contribution < -0.4 is 11.1 Å². The molecule has 1 saturated heterocycles. The first-order valence-electron chi connectivity index (χ1n) is 9.88. The number of hydrogen-bond acceptors (Lipinski definition) is 5. The Hall–Kier alpha value is -2.97. The molecular weight excluding hydrogens is 387 g/mol. The van der Waals surface area contributed by atoms with Crippen LogP contribution in [0.1, 0.15) is 23.6 Å². The Bertz CT molecular complexity index is 913. The summed E-state index contributed by atoms with van der Waals surface area (Å²) in [5.74, 6) is -0.656. The van der Waals surface area contributed by atoms with Crippen molar-refractivity contribution >= 4 is 17.4 Å². The number of amidine groups is 1. The molecule has 0 spiro atoms. The summed E-state index contributed by atoms with van der Waals surface area (Å²) in [6.45, 7) is 7.28. The van der Waals surface area contributed by atoms with Crippen molar-refractivity contribution in [3.63, 3.8) is 0 Å². The summed E-state index contributed by atoms with van der Waals surface area (Å²) >= 11 is 0. The van der Waals surface area contributed by atoms with Crippen molar-refractivity contribution in [2.45, 2.75) is 26.5 Å². The van der Waals surface area contributed by atoms with Gasteiger partial charge in [-0.2, -0.15) is 0 Å². The minimum atomic E-state index is -0.899. The minimum Gasteiger partial charge on any atom is -0.381 e. The fraction of sp³-hybridized carbons (Fsp3) is 0.364. The molecule has 2 aromatic carbocycles. The third-order valence-corrected chi connectivity index (χ3v) is 4.85. The van der Waals surface area contributed by atoms with Crippen LogP contribution in [0.2, 0.25) is 0 Å². The van der Waals surface area contributed by atoms with E-state index >= 15 is 0 Å². The molecule has 1 aliphatic heterocycles. The van der Waals surface area contributed by atoms with Gasteiger partial charge >= 0.3 is 0 Å². The van der Waals surface area contributed by atoms with E-state index in [2.05, 4.69) is 15.4 Å². The Balaban J connectivity index is 1.57. The Labute approximate surface area is 175 Å². The lowest BCUT2D eigenvalue weighted by Gasteiger charge is -2.26. The van der Waals surface area contributed by atoms with Gasteiger partial charge in [0.15, 0.2) is 5.84 Å². The average molecular weight is 414 g/mol. The Morgan fingerprint density at radius 2 is 2.07 bits per heavy atom. The second-order valence-electron chi connectivity index (χ2n) is 7.27. The summed E-state index contributed by atoms with van der Waals surface area (Å²) in [5, 5.41) is 6.50. The predicted octanol–water partition coefficient (Wildman–Crippen LogP) is 2.63. The first kappa shape index (κ1) is 21.7. The molecule has 0 aromatic heterocycles. The second kappa shape index (κ2) is 10.2. The van der Waals surface area contributed by atoms with Crippen LogP contribution in [0.15, 0.2) is 47.6 Å². The van der Waals surface area contributed by atoms with Crippen molar-refractivity contribution in [3.05, 3.63) is 65.0 Å². The van der Waals surface area contributed by atoms with Crippen LogP contribution in [0.4, 0.5) is 10.1 Å². The highest BCUT2D eigenvalue weighted by atomic mass is 19.1. The first-order valence-corrected chi connectivity index (χ1v) is 9.88. The van der Waals surface area contributed by atoms with E-state index in [4.69, 9.17) is 15.3 Å². The zero-order valence-corrected chi connectivity index (χ0v) is 17.2. The number of nitrogens with one attached hydrogen (secondary N) is 1. The van der Waals surface area contributed by atoms with Crippen LogP contribution in [0.5, 0.6) is 0 Å². The van der Waals surface area contributed by atoms with Gasteiger partial charge in [0.2, 0.25) is 6.10 Å². The number of rotatable bonds is 7. The van der Waals surface area contributed by atoms with Crippen molar-refractivity contribution in [3.8, 4) is 0 Å². The molecule has 0 bridgehead atoms. The lowest BCUT2D eigenvalue weighted by Crippen LogP contribution is -2.35. The molecule has 3 N–H and O–H groups in total. The van der Waals surface area contributed by atoms with Crippen LogP contribution in [-0.2, 0) is 20.9 Å². The zero-order valence-electron chi connectivity index (χ0n) is 17.2. The zero-order chi connectivity index (χ0) is 21.5. The van der Waals surface area contributed by atoms with E-state index in [1.165, 1.54) is 6.07 Å². The van der Waals surface area contributed by atoms with Gasteiger partial charge in [0.1, 0.15) is 5.82 Å². The molecular formula is C22H27FN4O3. The van der Waals surface area contributed by atoms with Gasteiger partial charge in [0.05, 0.1) is 13.2 Å². The van der Waals surface area contributed by atoms with E-state index in [1.54, 1.807) is 26.0 Å². The monoisotopic (exact) mass is 414 g/mol. The van der Waals surface area contributed by atoms with Gasteiger partial charge in [0.25, 0.3) is 5.91 Å². The number of carbonyl (C=O) groups excluding carboxylic acids is 1. The fourth-order valence-electron chi connectivity index (χ4n) is 3.00. The van der Waals surface area contributed by atoms with Crippen LogP contribution >= 0.6 is 0 Å². The highest BCUT2D eigenvalue weighted by molar-refractivity contribution is 5.97. The van der Waals surface area contributed by atoms with Crippen molar-refractivity contribution < 1.29 is 18.8 Å². The van der Waals surface area contributed by atoms with E-state index in [9.17, 15) is 9.18 Å². The number of amides is 1. The molecule has 1 fully saturated rings. The minimum absolute atomic E-state index is 0.180. The molecule has 3 rings (SSSR count). The van der Waals surface area contributed by atoms with E-state index in [0.717, 1.165) is 38.4 Å². The first-order chi connectivity index (χ1) is 14.4. The maximum atomic E-state index is 13.6. The van der Waals surface area contributed by atoms with E-state index in [-0.39, 0.29) is 11.7 Å². The third-order valence-electron chi connectivity index (χ3n) is 4.85. The highest BCUT2D eigenvalue weighted by Gasteiger charge is 2.16. The van der Waals surface area contributed by atoms with Gasteiger partial charge in [-0.25, -0.2) is 4.39 Å². The molecule has 160 valence electrons. The van der Waals surface area contributed by atoms with Gasteiger partial charge in [-0.3, -0.25) is 9.69 Å². The van der Waals surface area contributed by atoms with Crippen LogP contribution in [0.25, 0.3) is 0 Å². The Morgan fingerprint density at radius 1 is 1.30 bits per heavy atom. The van der Waals surface area contributed by atoms with Crippen LogP contribution in [-0.4, -0.2) is 49.0 Å². The summed E-state index contributed by atoms with van der Waals surface area (Å²) in [7, 11) is 0. The molecule has 0 radical (unpaired) electrons. The fourth-order valence-corrected chi connectivity index (χ4v) is 3.00. The average Bonchev–Trinajstić information content (AvgIpc) is 2.75. The number of anilines is 1. The lowest BCUT2D eigenvalue weighted by atomic mass is 10.1. The summed E-state index contributed by atoms with van der Waals surface area (Å²) in [6, 6.07) is 12.2. The summed E-state index contributed by atoms with van der Waals surface area (Å²) in [4.78, 5) is 19.8. The molecule has 8 heteroatoms. The smallest absolute Gasteiger partial charge is 0.267 e. The maximum absolute atomic E-state index is 13.6. The van der Waals surface area contributed by atoms with Crippen molar-refractivity contribution in [1.82, 2.24) is 4.90 Å². The number of benzene rings is 2. The highest BCUT2D eigenvalue weighted by Crippen LogP contribution is 2.14. The number of oxime groups is 1. The number of ether oxygens (including phenoxy) is 1. The maximum Gasteiger partial charge on any atom is 0.267 e. The molecule has 1 amide bonds. The van der Waals surface area contributed by atoms with E-state index < -0.39 is 12.0 Å². The number of nitrogens with zero attached hydrogens (tertiary/aromatic N) is 2. The van der Waals surface area contributed by atoms with Gasteiger partial charge in [-0.05, 0) is 43.2 Å². The normalized spacial score (nSPS) is 16.2. The standard InChI is InChI=1S/C22H27FN4O3/c1-15-6-7-19(13-20(15)23)25-22(28)16(2)30-26-21(24)18-5-3-4-17(12-18)14-27-8-10-29-11-9-27/h3-7,12-13,16H,8-11,14H2,1-2H3,(H2,24,26)(H,25,28). The molecule has 0 aliphatic carbocycles. The topological polar surface area (TPSA) is 89.2 Å². The number of nitrogens with two attached hydrogens (primary N) is 1.